The van der Waals surface area contributed by atoms with Crippen LogP contribution in [0.15, 0.2) is 78.9 Å². The van der Waals surface area contributed by atoms with Crippen LogP contribution < -0.4 is 10.1 Å². The Balaban J connectivity index is 1.40. The van der Waals surface area contributed by atoms with Gasteiger partial charge in [-0.25, -0.2) is 0 Å². The van der Waals surface area contributed by atoms with Crippen molar-refractivity contribution in [3.8, 4) is 16.9 Å². The quantitative estimate of drug-likeness (QED) is 0.564. The number of hydrogen-bond donors (Lipinski definition) is 1. The lowest BCUT2D eigenvalue weighted by Gasteiger charge is -2.18. The SMILES string of the molecule is CCC(NC(=O)[C@H]1C[C@@H]1c1ccccc1)c1ccc(-c2ccc(OC)cc2)cc1. The highest BCUT2D eigenvalue weighted by atomic mass is 16.5. The molecule has 1 N–H and O–H groups in total. The molecule has 1 unspecified atom stereocenters. The maximum Gasteiger partial charge on any atom is 0.224 e. The Bertz CT molecular complexity index is 948. The molecule has 3 heteroatoms. The van der Waals surface area contributed by atoms with E-state index < -0.39 is 0 Å². The molecule has 3 nitrogen and oxygen atoms in total. The van der Waals surface area contributed by atoms with Gasteiger partial charge in [0.2, 0.25) is 5.91 Å². The van der Waals surface area contributed by atoms with Crippen molar-refractivity contribution in [2.75, 3.05) is 7.11 Å². The van der Waals surface area contributed by atoms with E-state index in [1.54, 1.807) is 7.11 Å². The number of carbonyl (C=O) groups is 1. The molecule has 1 aliphatic rings. The first-order valence-corrected chi connectivity index (χ1v) is 10.3. The van der Waals surface area contributed by atoms with E-state index in [-0.39, 0.29) is 17.9 Å². The van der Waals surface area contributed by atoms with E-state index in [2.05, 4.69) is 60.8 Å². The van der Waals surface area contributed by atoms with Crippen molar-refractivity contribution >= 4 is 5.91 Å². The first-order valence-electron chi connectivity index (χ1n) is 10.3. The molecule has 1 amide bonds. The Kier molecular flexibility index (Phi) is 5.66. The van der Waals surface area contributed by atoms with Gasteiger partial charge in [-0.05, 0) is 53.1 Å². The van der Waals surface area contributed by atoms with Gasteiger partial charge in [-0.2, -0.15) is 0 Å². The number of rotatable bonds is 7. The average Bonchev–Trinajstić information content (AvgIpc) is 3.59. The monoisotopic (exact) mass is 385 g/mol. The van der Waals surface area contributed by atoms with Crippen LogP contribution in [0.4, 0.5) is 0 Å². The van der Waals surface area contributed by atoms with Gasteiger partial charge in [-0.15, -0.1) is 0 Å². The number of methoxy groups -OCH3 is 1. The molecule has 1 saturated carbocycles. The fourth-order valence-corrected chi connectivity index (χ4v) is 3.94. The lowest BCUT2D eigenvalue weighted by atomic mass is 9.99. The first-order chi connectivity index (χ1) is 14.2. The fraction of sp³-hybridized carbons (Fsp3) is 0.269. The lowest BCUT2D eigenvalue weighted by Crippen LogP contribution is -2.29. The maximum atomic E-state index is 12.8. The van der Waals surface area contributed by atoms with Crippen LogP contribution in [-0.2, 0) is 4.79 Å². The summed E-state index contributed by atoms with van der Waals surface area (Å²) < 4.78 is 5.23. The van der Waals surface area contributed by atoms with E-state index in [9.17, 15) is 4.79 Å². The summed E-state index contributed by atoms with van der Waals surface area (Å²) in [6.07, 6.45) is 1.82. The molecule has 3 aromatic rings. The zero-order chi connectivity index (χ0) is 20.2. The van der Waals surface area contributed by atoms with E-state index in [4.69, 9.17) is 4.74 Å². The van der Waals surface area contributed by atoms with Gasteiger partial charge >= 0.3 is 0 Å². The van der Waals surface area contributed by atoms with E-state index in [1.807, 2.05) is 30.3 Å². The van der Waals surface area contributed by atoms with Crippen LogP contribution in [0, 0.1) is 5.92 Å². The molecule has 0 radical (unpaired) electrons. The van der Waals surface area contributed by atoms with Crippen molar-refractivity contribution in [1.29, 1.82) is 0 Å². The molecule has 0 heterocycles. The summed E-state index contributed by atoms with van der Waals surface area (Å²) in [4.78, 5) is 12.8. The van der Waals surface area contributed by atoms with E-state index >= 15 is 0 Å². The fourth-order valence-electron chi connectivity index (χ4n) is 3.94. The van der Waals surface area contributed by atoms with Gasteiger partial charge in [-0.1, -0.05) is 73.7 Å². The lowest BCUT2D eigenvalue weighted by molar-refractivity contribution is -0.123. The largest absolute Gasteiger partial charge is 0.497 e. The van der Waals surface area contributed by atoms with Crippen molar-refractivity contribution in [3.63, 3.8) is 0 Å². The Hall–Kier alpha value is -3.07. The molecule has 0 bridgehead atoms. The summed E-state index contributed by atoms with van der Waals surface area (Å²) in [6.45, 7) is 2.11. The topological polar surface area (TPSA) is 38.3 Å². The number of amides is 1. The zero-order valence-electron chi connectivity index (χ0n) is 17.0. The molecule has 0 saturated heterocycles. The van der Waals surface area contributed by atoms with Crippen LogP contribution >= 0.6 is 0 Å². The summed E-state index contributed by atoms with van der Waals surface area (Å²) in [5.41, 5.74) is 4.72. The molecule has 148 valence electrons. The van der Waals surface area contributed by atoms with E-state index in [1.165, 1.54) is 5.56 Å². The van der Waals surface area contributed by atoms with Crippen molar-refractivity contribution in [3.05, 3.63) is 90.0 Å². The summed E-state index contributed by atoms with van der Waals surface area (Å²) >= 11 is 0. The molecule has 29 heavy (non-hydrogen) atoms. The second-order valence-corrected chi connectivity index (χ2v) is 7.68. The van der Waals surface area contributed by atoms with Gasteiger partial charge in [-0.3, -0.25) is 4.79 Å². The normalized spacial score (nSPS) is 18.7. The predicted molar refractivity (Wildman–Crippen MR) is 117 cm³/mol. The second kappa shape index (κ2) is 8.52. The predicted octanol–water partition coefficient (Wildman–Crippen LogP) is 5.73. The van der Waals surface area contributed by atoms with Crippen molar-refractivity contribution in [2.24, 2.45) is 5.92 Å². The number of benzene rings is 3. The Morgan fingerprint density at radius 2 is 1.59 bits per heavy atom. The standard InChI is InChI=1S/C26H27NO2/c1-3-25(27-26(28)24-17-23(24)20-7-5-4-6-8-20)21-11-9-18(10-12-21)19-13-15-22(29-2)16-14-19/h4-16,23-25H,3,17H2,1-2H3,(H,27,28)/t23-,24+,25?/m1/s1. The molecule has 1 fully saturated rings. The zero-order valence-corrected chi connectivity index (χ0v) is 17.0. The Labute approximate surface area is 172 Å². The minimum atomic E-state index is 0.0458. The van der Waals surface area contributed by atoms with Gasteiger partial charge in [0.15, 0.2) is 0 Å². The molecule has 4 rings (SSSR count). The highest BCUT2D eigenvalue weighted by Crippen LogP contribution is 2.47. The van der Waals surface area contributed by atoms with Gasteiger partial charge in [0, 0.05) is 5.92 Å². The van der Waals surface area contributed by atoms with Crippen molar-refractivity contribution in [2.45, 2.75) is 31.7 Å². The number of nitrogens with one attached hydrogen (secondary N) is 1. The number of hydrogen-bond acceptors (Lipinski definition) is 2. The summed E-state index contributed by atoms with van der Waals surface area (Å²) in [5.74, 6) is 1.49. The van der Waals surface area contributed by atoms with E-state index in [0.717, 1.165) is 35.3 Å². The molecular formula is C26H27NO2. The number of ether oxygens (including phenoxy) is 1. The third kappa shape index (κ3) is 4.34. The van der Waals surface area contributed by atoms with Crippen LogP contribution in [0.5, 0.6) is 5.75 Å². The Morgan fingerprint density at radius 1 is 0.966 bits per heavy atom. The Morgan fingerprint density at radius 3 is 2.17 bits per heavy atom. The number of carbonyl (C=O) groups excluding carboxylic acids is 1. The highest BCUT2D eigenvalue weighted by molar-refractivity contribution is 5.83. The van der Waals surface area contributed by atoms with Crippen LogP contribution in [0.1, 0.15) is 42.9 Å². The van der Waals surface area contributed by atoms with Crippen LogP contribution in [0.25, 0.3) is 11.1 Å². The van der Waals surface area contributed by atoms with Gasteiger partial charge < -0.3 is 10.1 Å². The van der Waals surface area contributed by atoms with Crippen LogP contribution in [0.2, 0.25) is 0 Å². The summed E-state index contributed by atoms with van der Waals surface area (Å²) in [5, 5.41) is 3.26. The molecule has 0 spiro atoms. The van der Waals surface area contributed by atoms with Crippen LogP contribution in [-0.4, -0.2) is 13.0 Å². The van der Waals surface area contributed by atoms with Gasteiger partial charge in [0.1, 0.15) is 5.75 Å². The van der Waals surface area contributed by atoms with Crippen molar-refractivity contribution < 1.29 is 9.53 Å². The average molecular weight is 386 g/mol. The molecule has 0 aromatic heterocycles. The molecule has 1 aliphatic carbocycles. The molecule has 3 atom stereocenters. The maximum absolute atomic E-state index is 12.8. The molecule has 0 aliphatic heterocycles. The minimum Gasteiger partial charge on any atom is -0.497 e. The third-order valence-electron chi connectivity index (χ3n) is 5.82. The van der Waals surface area contributed by atoms with Gasteiger partial charge in [0.05, 0.1) is 13.2 Å². The van der Waals surface area contributed by atoms with E-state index in [0.29, 0.717) is 5.92 Å². The molecule has 3 aromatic carbocycles. The highest BCUT2D eigenvalue weighted by Gasteiger charge is 2.44. The second-order valence-electron chi connectivity index (χ2n) is 7.68. The third-order valence-corrected chi connectivity index (χ3v) is 5.82. The smallest absolute Gasteiger partial charge is 0.224 e. The summed E-state index contributed by atoms with van der Waals surface area (Å²) in [7, 11) is 1.67. The minimum absolute atomic E-state index is 0.0458. The van der Waals surface area contributed by atoms with Gasteiger partial charge in [0.25, 0.3) is 0 Å². The first kappa shape index (κ1) is 19.3. The molecular weight excluding hydrogens is 358 g/mol. The summed E-state index contributed by atoms with van der Waals surface area (Å²) in [6, 6.07) is 26.9. The van der Waals surface area contributed by atoms with Crippen molar-refractivity contribution in [1.82, 2.24) is 5.32 Å². The van der Waals surface area contributed by atoms with Crippen LogP contribution in [0.3, 0.4) is 0 Å².